The molecule has 26 heavy (non-hydrogen) atoms. The summed E-state index contributed by atoms with van der Waals surface area (Å²) in [6.45, 7) is 10.2. The normalized spacial score (nSPS) is 19.3. The highest BCUT2D eigenvalue weighted by Gasteiger charge is 2.30. The van der Waals surface area contributed by atoms with Crippen molar-refractivity contribution in [2.45, 2.75) is 52.0 Å². The lowest BCUT2D eigenvalue weighted by Gasteiger charge is -2.21. The summed E-state index contributed by atoms with van der Waals surface area (Å²) in [5.41, 5.74) is -0.0435. The molecule has 3 rings (SSSR count). The van der Waals surface area contributed by atoms with Crippen LogP contribution < -0.4 is 5.32 Å². The van der Waals surface area contributed by atoms with Gasteiger partial charge in [-0.05, 0) is 19.3 Å². The summed E-state index contributed by atoms with van der Waals surface area (Å²) in [4.78, 5) is 32.5. The second-order valence-electron chi connectivity index (χ2n) is 8.37. The first-order valence-electron chi connectivity index (χ1n) is 9.56. The second kappa shape index (κ2) is 7.78. The molecule has 7 nitrogen and oxygen atoms in total. The van der Waals surface area contributed by atoms with Gasteiger partial charge in [0.15, 0.2) is 0 Å². The summed E-state index contributed by atoms with van der Waals surface area (Å²) in [5, 5.41) is 2.76. The van der Waals surface area contributed by atoms with Crippen LogP contribution in [0, 0.1) is 5.92 Å². The van der Waals surface area contributed by atoms with E-state index in [1.807, 2.05) is 11.1 Å². The minimum atomic E-state index is -0.0435. The molecule has 1 saturated heterocycles. The minimum Gasteiger partial charge on any atom is -0.444 e. The summed E-state index contributed by atoms with van der Waals surface area (Å²) in [5.74, 6) is 1.79. The van der Waals surface area contributed by atoms with E-state index in [0.717, 1.165) is 50.5 Å². The number of carbonyl (C=O) groups is 2. The Morgan fingerprint density at radius 3 is 2.65 bits per heavy atom. The van der Waals surface area contributed by atoms with Crippen LogP contribution >= 0.6 is 0 Å². The fourth-order valence-electron chi connectivity index (χ4n) is 3.06. The van der Waals surface area contributed by atoms with Crippen molar-refractivity contribution in [2.24, 2.45) is 5.92 Å². The number of amides is 2. The largest absolute Gasteiger partial charge is 0.444 e. The van der Waals surface area contributed by atoms with E-state index < -0.39 is 0 Å². The van der Waals surface area contributed by atoms with Crippen molar-refractivity contribution in [3.63, 3.8) is 0 Å². The number of nitrogens with one attached hydrogen (secondary N) is 1. The van der Waals surface area contributed by atoms with Crippen molar-refractivity contribution in [1.82, 2.24) is 20.1 Å². The molecule has 7 heteroatoms. The number of hydrogen-bond acceptors (Lipinski definition) is 5. The number of rotatable bonds is 5. The topological polar surface area (TPSA) is 78.7 Å². The summed E-state index contributed by atoms with van der Waals surface area (Å²) in [6.07, 6.45) is 4.63. The molecule has 2 heterocycles. The van der Waals surface area contributed by atoms with E-state index in [2.05, 4.69) is 36.0 Å². The average Bonchev–Trinajstić information content (AvgIpc) is 3.36. The number of nitrogens with zero attached hydrogens (tertiary/aromatic N) is 3. The van der Waals surface area contributed by atoms with Gasteiger partial charge in [0.25, 0.3) is 0 Å². The van der Waals surface area contributed by atoms with Crippen molar-refractivity contribution in [1.29, 1.82) is 0 Å². The first-order chi connectivity index (χ1) is 12.3. The lowest BCUT2D eigenvalue weighted by molar-refractivity contribution is -0.133. The monoisotopic (exact) mass is 362 g/mol. The van der Waals surface area contributed by atoms with Crippen LogP contribution in [-0.2, 0) is 21.5 Å². The van der Waals surface area contributed by atoms with Crippen LogP contribution in [0.4, 0.5) is 0 Å². The third-order valence-electron chi connectivity index (χ3n) is 4.95. The van der Waals surface area contributed by atoms with E-state index in [9.17, 15) is 9.59 Å². The highest BCUT2D eigenvalue weighted by atomic mass is 16.4. The SMILES string of the molecule is CC(C)(C)c1cnc(CN2CCCN(C(=O)CNC(=O)C3CC3)CC2)o1. The molecule has 1 aliphatic heterocycles. The fraction of sp³-hybridized carbons (Fsp3) is 0.737. The van der Waals surface area contributed by atoms with E-state index >= 15 is 0 Å². The fourth-order valence-corrected chi connectivity index (χ4v) is 3.06. The van der Waals surface area contributed by atoms with Crippen molar-refractivity contribution in [3.05, 3.63) is 17.8 Å². The van der Waals surface area contributed by atoms with Gasteiger partial charge in [-0.1, -0.05) is 20.8 Å². The summed E-state index contributed by atoms with van der Waals surface area (Å²) in [7, 11) is 0. The molecule has 2 amide bonds. The van der Waals surface area contributed by atoms with Gasteiger partial charge >= 0.3 is 0 Å². The van der Waals surface area contributed by atoms with Crippen molar-refractivity contribution in [3.8, 4) is 0 Å². The zero-order chi connectivity index (χ0) is 18.7. The molecule has 1 aromatic rings. The van der Waals surface area contributed by atoms with E-state index in [1.54, 1.807) is 0 Å². The average molecular weight is 362 g/mol. The Morgan fingerprint density at radius 1 is 1.23 bits per heavy atom. The van der Waals surface area contributed by atoms with Gasteiger partial charge in [0.05, 0.1) is 19.3 Å². The maximum absolute atomic E-state index is 12.3. The molecule has 1 aliphatic carbocycles. The first kappa shape index (κ1) is 18.9. The zero-order valence-corrected chi connectivity index (χ0v) is 16.1. The molecule has 1 N–H and O–H groups in total. The van der Waals surface area contributed by atoms with Gasteiger partial charge in [0.1, 0.15) is 5.76 Å². The Morgan fingerprint density at radius 2 is 2.00 bits per heavy atom. The van der Waals surface area contributed by atoms with Gasteiger partial charge in [0.2, 0.25) is 17.7 Å². The van der Waals surface area contributed by atoms with E-state index in [-0.39, 0.29) is 29.7 Å². The highest BCUT2D eigenvalue weighted by molar-refractivity contribution is 5.86. The number of hydrogen-bond donors (Lipinski definition) is 1. The molecule has 0 aromatic carbocycles. The number of aromatic nitrogens is 1. The van der Waals surface area contributed by atoms with Gasteiger partial charge in [-0.25, -0.2) is 4.98 Å². The third kappa shape index (κ3) is 5.06. The van der Waals surface area contributed by atoms with Gasteiger partial charge in [-0.3, -0.25) is 14.5 Å². The molecule has 1 aromatic heterocycles. The molecular formula is C19H30N4O3. The van der Waals surface area contributed by atoms with Crippen LogP contribution in [0.2, 0.25) is 0 Å². The maximum Gasteiger partial charge on any atom is 0.242 e. The minimum absolute atomic E-state index is 0.00647. The maximum atomic E-state index is 12.3. The smallest absolute Gasteiger partial charge is 0.242 e. The lowest BCUT2D eigenvalue weighted by Crippen LogP contribution is -2.42. The summed E-state index contributed by atoms with van der Waals surface area (Å²) < 4.78 is 5.88. The zero-order valence-electron chi connectivity index (χ0n) is 16.1. The van der Waals surface area contributed by atoms with E-state index in [1.165, 1.54) is 0 Å². The number of oxazole rings is 1. The number of carbonyl (C=O) groups excluding carboxylic acids is 2. The van der Waals surface area contributed by atoms with Crippen LogP contribution in [0.25, 0.3) is 0 Å². The Hall–Kier alpha value is -1.89. The molecule has 0 atom stereocenters. The molecule has 0 radical (unpaired) electrons. The quantitative estimate of drug-likeness (QED) is 0.859. The second-order valence-corrected chi connectivity index (χ2v) is 8.37. The standard InChI is InChI=1S/C19H30N4O3/c1-19(2,3)15-11-20-16(26-15)13-22-7-4-8-23(10-9-22)17(24)12-21-18(25)14-5-6-14/h11,14H,4-10,12-13H2,1-3H3,(H,21,25). The molecule has 0 unspecified atom stereocenters. The van der Waals surface area contributed by atoms with Crippen LogP contribution in [0.3, 0.4) is 0 Å². The molecular weight excluding hydrogens is 332 g/mol. The molecule has 1 saturated carbocycles. The van der Waals surface area contributed by atoms with Gasteiger partial charge in [-0.2, -0.15) is 0 Å². The first-order valence-corrected chi connectivity index (χ1v) is 9.56. The van der Waals surface area contributed by atoms with Crippen molar-refractivity contribution in [2.75, 3.05) is 32.7 Å². The molecule has 144 valence electrons. The summed E-state index contributed by atoms with van der Waals surface area (Å²) in [6, 6.07) is 0. The van der Waals surface area contributed by atoms with Gasteiger partial charge in [-0.15, -0.1) is 0 Å². The Bertz CT molecular complexity index is 645. The Kier molecular flexibility index (Phi) is 5.65. The van der Waals surface area contributed by atoms with Gasteiger partial charge in [0, 0.05) is 37.5 Å². The predicted molar refractivity (Wildman–Crippen MR) is 97.4 cm³/mol. The van der Waals surface area contributed by atoms with Crippen molar-refractivity contribution < 1.29 is 14.0 Å². The van der Waals surface area contributed by atoms with E-state index in [0.29, 0.717) is 13.1 Å². The predicted octanol–water partition coefficient (Wildman–Crippen LogP) is 1.53. The Labute approximate surface area is 155 Å². The van der Waals surface area contributed by atoms with Crippen LogP contribution in [0.15, 0.2) is 10.6 Å². The molecule has 2 fully saturated rings. The lowest BCUT2D eigenvalue weighted by atomic mass is 9.94. The van der Waals surface area contributed by atoms with Crippen LogP contribution in [-0.4, -0.2) is 59.3 Å². The highest BCUT2D eigenvalue weighted by Crippen LogP contribution is 2.28. The molecule has 0 bridgehead atoms. The van der Waals surface area contributed by atoms with Crippen molar-refractivity contribution >= 4 is 11.8 Å². The molecule has 0 spiro atoms. The van der Waals surface area contributed by atoms with Crippen LogP contribution in [0.5, 0.6) is 0 Å². The van der Waals surface area contributed by atoms with E-state index in [4.69, 9.17) is 4.42 Å². The Balaban J connectivity index is 1.46. The van der Waals surface area contributed by atoms with Crippen LogP contribution in [0.1, 0.15) is 51.7 Å². The summed E-state index contributed by atoms with van der Waals surface area (Å²) >= 11 is 0. The third-order valence-corrected chi connectivity index (χ3v) is 4.95. The van der Waals surface area contributed by atoms with Gasteiger partial charge < -0.3 is 14.6 Å². The molecule has 2 aliphatic rings.